The van der Waals surface area contributed by atoms with Crippen molar-refractivity contribution >= 4 is 27.4 Å². The molecule has 0 unspecified atom stereocenters. The van der Waals surface area contributed by atoms with Crippen LogP contribution in [0.3, 0.4) is 0 Å². The second kappa shape index (κ2) is 5.19. The lowest BCUT2D eigenvalue weighted by molar-refractivity contribution is -0.113. The van der Waals surface area contributed by atoms with Crippen LogP contribution >= 0.6 is 0 Å². The molecule has 7 heteroatoms. The van der Waals surface area contributed by atoms with Gasteiger partial charge in [0, 0.05) is 11.3 Å². The summed E-state index contributed by atoms with van der Waals surface area (Å²) in [5, 5.41) is 12.7. The van der Waals surface area contributed by atoms with E-state index < -0.39 is 27.4 Å². The van der Waals surface area contributed by atoms with Crippen LogP contribution in [0.25, 0.3) is 5.76 Å². The van der Waals surface area contributed by atoms with Gasteiger partial charge >= 0.3 is 0 Å². The first-order valence-corrected chi connectivity index (χ1v) is 7.89. The molecule has 0 fully saturated rings. The zero-order chi connectivity index (χ0) is 15.7. The van der Waals surface area contributed by atoms with Crippen molar-refractivity contribution in [2.45, 2.75) is 4.90 Å². The SMILES string of the molecule is O=C(Nc1ccccc1)C1=C(O)c2ccccc2S(=O)(=O)N1. The zero-order valence-corrected chi connectivity index (χ0v) is 12.1. The minimum atomic E-state index is -3.89. The van der Waals surface area contributed by atoms with Gasteiger partial charge < -0.3 is 10.4 Å². The largest absolute Gasteiger partial charge is 0.505 e. The van der Waals surface area contributed by atoms with Crippen molar-refractivity contribution < 1.29 is 18.3 Å². The first kappa shape index (κ1) is 14.2. The predicted octanol–water partition coefficient (Wildman–Crippen LogP) is 1.84. The molecule has 6 nitrogen and oxygen atoms in total. The fourth-order valence-corrected chi connectivity index (χ4v) is 3.42. The molecule has 0 spiro atoms. The molecule has 0 aliphatic carbocycles. The third-order valence-corrected chi connectivity index (χ3v) is 4.57. The minimum absolute atomic E-state index is 0.0660. The smallest absolute Gasteiger partial charge is 0.276 e. The second-order valence-corrected chi connectivity index (χ2v) is 6.30. The molecule has 0 radical (unpaired) electrons. The topological polar surface area (TPSA) is 95.5 Å². The molecule has 2 aromatic carbocycles. The predicted molar refractivity (Wildman–Crippen MR) is 81.4 cm³/mol. The molecule has 1 heterocycles. The average molecular weight is 316 g/mol. The number of carbonyl (C=O) groups excluding carboxylic acids is 1. The maximum atomic E-state index is 12.2. The fourth-order valence-electron chi connectivity index (χ4n) is 2.14. The van der Waals surface area contributed by atoms with Crippen LogP contribution in [0.2, 0.25) is 0 Å². The maximum absolute atomic E-state index is 12.2. The Morgan fingerprint density at radius 2 is 1.64 bits per heavy atom. The van der Waals surface area contributed by atoms with Gasteiger partial charge in [-0.25, -0.2) is 8.42 Å². The summed E-state index contributed by atoms with van der Waals surface area (Å²) in [6.07, 6.45) is 0. The number of para-hydroxylation sites is 1. The van der Waals surface area contributed by atoms with Gasteiger partial charge in [-0.15, -0.1) is 0 Å². The number of rotatable bonds is 2. The molecular weight excluding hydrogens is 304 g/mol. The van der Waals surface area contributed by atoms with Gasteiger partial charge in [-0.05, 0) is 24.3 Å². The van der Waals surface area contributed by atoms with Crippen molar-refractivity contribution in [1.29, 1.82) is 0 Å². The van der Waals surface area contributed by atoms with Crippen LogP contribution in [-0.2, 0) is 14.8 Å². The molecular formula is C15H12N2O4S. The van der Waals surface area contributed by atoms with E-state index in [1.807, 2.05) is 0 Å². The quantitative estimate of drug-likeness (QED) is 0.788. The van der Waals surface area contributed by atoms with E-state index in [0.29, 0.717) is 5.69 Å². The number of sulfonamides is 1. The summed E-state index contributed by atoms with van der Waals surface area (Å²) in [6.45, 7) is 0. The van der Waals surface area contributed by atoms with Gasteiger partial charge in [0.15, 0.2) is 11.5 Å². The van der Waals surface area contributed by atoms with Crippen LogP contribution in [0.4, 0.5) is 5.69 Å². The van der Waals surface area contributed by atoms with Gasteiger partial charge in [-0.2, -0.15) is 0 Å². The monoisotopic (exact) mass is 316 g/mol. The Kier molecular flexibility index (Phi) is 3.34. The zero-order valence-electron chi connectivity index (χ0n) is 11.3. The molecule has 2 aromatic rings. The third-order valence-electron chi connectivity index (χ3n) is 3.16. The highest BCUT2D eigenvalue weighted by Gasteiger charge is 2.32. The van der Waals surface area contributed by atoms with Crippen molar-refractivity contribution in [3.8, 4) is 0 Å². The summed E-state index contributed by atoms with van der Waals surface area (Å²) in [5.41, 5.74) is 0.188. The average Bonchev–Trinajstić information content (AvgIpc) is 2.52. The van der Waals surface area contributed by atoms with Crippen LogP contribution in [-0.4, -0.2) is 19.4 Å². The van der Waals surface area contributed by atoms with Gasteiger partial charge in [0.25, 0.3) is 15.9 Å². The second-order valence-electron chi connectivity index (χ2n) is 4.65. The molecule has 0 saturated carbocycles. The molecule has 3 rings (SSSR count). The first-order chi connectivity index (χ1) is 10.5. The summed E-state index contributed by atoms with van der Waals surface area (Å²) in [4.78, 5) is 12.2. The van der Waals surface area contributed by atoms with Crippen LogP contribution in [0.1, 0.15) is 5.56 Å². The molecule has 22 heavy (non-hydrogen) atoms. The lowest BCUT2D eigenvalue weighted by atomic mass is 10.1. The van der Waals surface area contributed by atoms with Crippen LogP contribution in [0.15, 0.2) is 65.2 Å². The van der Waals surface area contributed by atoms with E-state index in [1.54, 1.807) is 42.5 Å². The number of carbonyl (C=O) groups is 1. The minimum Gasteiger partial charge on any atom is -0.505 e. The molecule has 1 aliphatic heterocycles. The molecule has 1 aliphatic rings. The number of aliphatic hydroxyl groups is 1. The van der Waals surface area contributed by atoms with Crippen LogP contribution < -0.4 is 10.0 Å². The maximum Gasteiger partial charge on any atom is 0.276 e. The first-order valence-electron chi connectivity index (χ1n) is 6.41. The van der Waals surface area contributed by atoms with E-state index in [2.05, 4.69) is 10.0 Å². The third kappa shape index (κ3) is 2.42. The van der Waals surface area contributed by atoms with Gasteiger partial charge in [0.2, 0.25) is 0 Å². The van der Waals surface area contributed by atoms with E-state index in [9.17, 15) is 18.3 Å². The Hall–Kier alpha value is -2.80. The number of nitrogens with one attached hydrogen (secondary N) is 2. The summed E-state index contributed by atoms with van der Waals surface area (Å²) < 4.78 is 26.4. The lowest BCUT2D eigenvalue weighted by Gasteiger charge is -2.20. The molecule has 3 N–H and O–H groups in total. The summed E-state index contributed by atoms with van der Waals surface area (Å²) >= 11 is 0. The van der Waals surface area contributed by atoms with Crippen molar-refractivity contribution in [2.75, 3.05) is 5.32 Å². The van der Waals surface area contributed by atoms with Crippen LogP contribution in [0.5, 0.6) is 0 Å². The summed E-state index contributed by atoms with van der Waals surface area (Å²) in [7, 11) is -3.89. The Labute approximate surface area is 127 Å². The number of benzene rings is 2. The standard InChI is InChI=1S/C15H12N2O4S/c18-14-11-8-4-5-9-12(11)22(20,21)17-13(14)15(19)16-10-6-2-1-3-7-10/h1-9,17-18H,(H,16,19). The number of fused-ring (bicyclic) bond motifs is 1. The van der Waals surface area contributed by atoms with Crippen molar-refractivity contribution in [2.24, 2.45) is 0 Å². The van der Waals surface area contributed by atoms with E-state index in [1.165, 1.54) is 12.1 Å². The summed E-state index contributed by atoms with van der Waals surface area (Å²) in [5.74, 6) is -1.14. The van der Waals surface area contributed by atoms with Crippen molar-refractivity contribution in [3.05, 3.63) is 65.9 Å². The number of amides is 1. The summed E-state index contributed by atoms with van der Waals surface area (Å²) in [6, 6.07) is 14.5. The molecule has 0 atom stereocenters. The normalized spacial score (nSPS) is 15.6. The Bertz CT molecular complexity index is 873. The van der Waals surface area contributed by atoms with E-state index in [0.717, 1.165) is 0 Å². The molecule has 0 aromatic heterocycles. The number of anilines is 1. The molecule has 0 bridgehead atoms. The highest BCUT2D eigenvalue weighted by atomic mass is 32.2. The lowest BCUT2D eigenvalue weighted by Crippen LogP contribution is -2.35. The number of hydrogen-bond donors (Lipinski definition) is 3. The molecule has 112 valence electrons. The van der Waals surface area contributed by atoms with Gasteiger partial charge in [-0.1, -0.05) is 30.3 Å². The molecule has 0 saturated heterocycles. The van der Waals surface area contributed by atoms with Gasteiger partial charge in [-0.3, -0.25) is 9.52 Å². The van der Waals surface area contributed by atoms with Crippen LogP contribution in [0, 0.1) is 0 Å². The van der Waals surface area contributed by atoms with Crippen molar-refractivity contribution in [3.63, 3.8) is 0 Å². The van der Waals surface area contributed by atoms with E-state index >= 15 is 0 Å². The van der Waals surface area contributed by atoms with Crippen molar-refractivity contribution in [1.82, 2.24) is 4.72 Å². The number of aliphatic hydroxyl groups excluding tert-OH is 1. The van der Waals surface area contributed by atoms with Gasteiger partial charge in [0.1, 0.15) is 0 Å². The Morgan fingerprint density at radius 3 is 2.36 bits per heavy atom. The highest BCUT2D eigenvalue weighted by Crippen LogP contribution is 2.29. The van der Waals surface area contributed by atoms with E-state index in [-0.39, 0.29) is 10.5 Å². The van der Waals surface area contributed by atoms with Gasteiger partial charge in [0.05, 0.1) is 4.90 Å². The molecule has 1 amide bonds. The fraction of sp³-hybridized carbons (Fsp3) is 0. The highest BCUT2D eigenvalue weighted by molar-refractivity contribution is 7.89. The Balaban J connectivity index is 2.02. The van der Waals surface area contributed by atoms with E-state index in [4.69, 9.17) is 0 Å². The number of hydrogen-bond acceptors (Lipinski definition) is 4. The Morgan fingerprint density at radius 1 is 1.00 bits per heavy atom.